The molecule has 18 heavy (non-hydrogen) atoms. The van der Waals surface area contributed by atoms with Crippen LogP contribution in [-0.2, 0) is 11.3 Å². The molecular weight excluding hydrogens is 226 g/mol. The van der Waals surface area contributed by atoms with E-state index in [1.165, 1.54) is 16.7 Å². The predicted octanol–water partition coefficient (Wildman–Crippen LogP) is 2.85. The van der Waals surface area contributed by atoms with Crippen LogP contribution >= 0.6 is 0 Å². The molecule has 1 N–H and O–H groups in total. The van der Waals surface area contributed by atoms with Crippen LogP contribution in [-0.4, -0.2) is 29.6 Å². The summed E-state index contributed by atoms with van der Waals surface area (Å²) in [5, 5.41) is 8.75. The number of carbonyl (C=O) groups is 1. The molecule has 3 heteroatoms. The number of aryl methyl sites for hydroxylation is 2. The molecule has 0 heterocycles. The van der Waals surface area contributed by atoms with E-state index in [1.54, 1.807) is 0 Å². The van der Waals surface area contributed by atoms with Gasteiger partial charge in [-0.15, -0.1) is 0 Å². The molecule has 0 saturated heterocycles. The summed E-state index contributed by atoms with van der Waals surface area (Å²) in [4.78, 5) is 12.8. The third kappa shape index (κ3) is 4.88. The van der Waals surface area contributed by atoms with E-state index in [2.05, 4.69) is 36.9 Å². The van der Waals surface area contributed by atoms with Gasteiger partial charge >= 0.3 is 5.97 Å². The van der Waals surface area contributed by atoms with Gasteiger partial charge in [-0.25, -0.2) is 0 Å². The second-order valence-corrected chi connectivity index (χ2v) is 5.33. The quantitative estimate of drug-likeness (QED) is 0.842. The predicted molar refractivity (Wildman–Crippen MR) is 73.7 cm³/mol. The molecule has 0 aromatic heterocycles. The Morgan fingerprint density at radius 1 is 1.39 bits per heavy atom. The van der Waals surface area contributed by atoms with Crippen molar-refractivity contribution in [3.05, 3.63) is 34.9 Å². The van der Waals surface area contributed by atoms with Crippen molar-refractivity contribution in [1.29, 1.82) is 0 Å². The smallest absolute Gasteiger partial charge is 0.303 e. The summed E-state index contributed by atoms with van der Waals surface area (Å²) in [5.74, 6) is -0.541. The average Bonchev–Trinajstić information content (AvgIpc) is 2.21. The standard InChI is InChI=1S/C15H23NO2/c1-11-5-6-13(3)14(7-11)10-16(4)9-12(2)8-15(17)18/h5-7,12H,8-10H2,1-4H3,(H,17,18). The molecule has 1 unspecified atom stereocenters. The first-order valence-electron chi connectivity index (χ1n) is 6.35. The van der Waals surface area contributed by atoms with E-state index in [0.717, 1.165) is 13.1 Å². The molecule has 0 aliphatic heterocycles. The lowest BCUT2D eigenvalue weighted by atomic mass is 10.0. The molecule has 0 spiro atoms. The van der Waals surface area contributed by atoms with Gasteiger partial charge in [-0.3, -0.25) is 4.79 Å². The number of hydrogen-bond acceptors (Lipinski definition) is 2. The van der Waals surface area contributed by atoms with Crippen molar-refractivity contribution in [1.82, 2.24) is 4.90 Å². The van der Waals surface area contributed by atoms with Gasteiger partial charge in [0.2, 0.25) is 0 Å². The van der Waals surface area contributed by atoms with Crippen LogP contribution in [0, 0.1) is 19.8 Å². The summed E-state index contributed by atoms with van der Waals surface area (Å²) in [5.41, 5.74) is 3.88. The first kappa shape index (κ1) is 14.7. The lowest BCUT2D eigenvalue weighted by molar-refractivity contribution is -0.138. The first-order valence-corrected chi connectivity index (χ1v) is 6.35. The zero-order valence-electron chi connectivity index (χ0n) is 11.7. The molecule has 0 amide bonds. The van der Waals surface area contributed by atoms with Gasteiger partial charge in [0.1, 0.15) is 0 Å². The Kier molecular flexibility index (Phi) is 5.35. The van der Waals surface area contributed by atoms with Gasteiger partial charge in [0, 0.05) is 19.5 Å². The maximum atomic E-state index is 10.6. The Morgan fingerprint density at radius 2 is 2.06 bits per heavy atom. The van der Waals surface area contributed by atoms with E-state index in [-0.39, 0.29) is 12.3 Å². The van der Waals surface area contributed by atoms with Gasteiger partial charge in [-0.2, -0.15) is 0 Å². The molecular formula is C15H23NO2. The number of aliphatic carboxylic acids is 1. The van der Waals surface area contributed by atoms with Crippen LogP contribution < -0.4 is 0 Å². The fourth-order valence-corrected chi connectivity index (χ4v) is 2.22. The Morgan fingerprint density at radius 3 is 2.67 bits per heavy atom. The minimum absolute atomic E-state index is 0.178. The zero-order chi connectivity index (χ0) is 13.7. The van der Waals surface area contributed by atoms with Crippen LogP contribution in [0.5, 0.6) is 0 Å². The highest BCUT2D eigenvalue weighted by molar-refractivity contribution is 5.66. The van der Waals surface area contributed by atoms with Crippen LogP contribution in [0.15, 0.2) is 18.2 Å². The summed E-state index contributed by atoms with van der Waals surface area (Å²) in [6, 6.07) is 6.46. The molecule has 1 atom stereocenters. The molecule has 0 fully saturated rings. The first-order chi connectivity index (χ1) is 8.38. The summed E-state index contributed by atoms with van der Waals surface area (Å²) >= 11 is 0. The molecule has 0 aliphatic carbocycles. The Balaban J connectivity index is 2.56. The molecule has 1 aromatic rings. The van der Waals surface area contributed by atoms with Crippen LogP contribution in [0.1, 0.15) is 30.0 Å². The van der Waals surface area contributed by atoms with Crippen molar-refractivity contribution in [2.75, 3.05) is 13.6 Å². The van der Waals surface area contributed by atoms with Crippen molar-refractivity contribution in [3.8, 4) is 0 Å². The van der Waals surface area contributed by atoms with Crippen LogP contribution in [0.2, 0.25) is 0 Å². The fourth-order valence-electron chi connectivity index (χ4n) is 2.22. The second kappa shape index (κ2) is 6.55. The molecule has 1 aromatic carbocycles. The largest absolute Gasteiger partial charge is 0.481 e. The monoisotopic (exact) mass is 249 g/mol. The minimum atomic E-state index is -0.720. The highest BCUT2D eigenvalue weighted by Gasteiger charge is 2.11. The van der Waals surface area contributed by atoms with Gasteiger partial charge in [0.15, 0.2) is 0 Å². The zero-order valence-corrected chi connectivity index (χ0v) is 11.7. The number of hydrogen-bond donors (Lipinski definition) is 1. The summed E-state index contributed by atoms with van der Waals surface area (Å²) in [7, 11) is 2.04. The van der Waals surface area contributed by atoms with Crippen molar-refractivity contribution in [2.24, 2.45) is 5.92 Å². The van der Waals surface area contributed by atoms with E-state index in [0.29, 0.717) is 0 Å². The second-order valence-electron chi connectivity index (χ2n) is 5.33. The Hall–Kier alpha value is -1.35. The topological polar surface area (TPSA) is 40.5 Å². The molecule has 0 aliphatic rings. The van der Waals surface area contributed by atoms with E-state index < -0.39 is 5.97 Å². The van der Waals surface area contributed by atoms with E-state index in [9.17, 15) is 4.79 Å². The van der Waals surface area contributed by atoms with Gasteiger partial charge in [0.25, 0.3) is 0 Å². The van der Waals surface area contributed by atoms with Crippen molar-refractivity contribution in [3.63, 3.8) is 0 Å². The highest BCUT2D eigenvalue weighted by atomic mass is 16.4. The number of nitrogens with zero attached hydrogens (tertiary/aromatic N) is 1. The van der Waals surface area contributed by atoms with Crippen LogP contribution in [0.3, 0.4) is 0 Å². The van der Waals surface area contributed by atoms with Gasteiger partial charge in [-0.05, 0) is 37.9 Å². The third-order valence-electron chi connectivity index (χ3n) is 3.09. The van der Waals surface area contributed by atoms with Crippen molar-refractivity contribution >= 4 is 5.97 Å². The SMILES string of the molecule is Cc1ccc(C)c(CN(C)CC(C)CC(=O)O)c1. The third-order valence-corrected chi connectivity index (χ3v) is 3.09. The molecule has 0 radical (unpaired) electrons. The fraction of sp³-hybridized carbons (Fsp3) is 0.533. The van der Waals surface area contributed by atoms with Crippen molar-refractivity contribution < 1.29 is 9.90 Å². The van der Waals surface area contributed by atoms with Gasteiger partial charge in [0.05, 0.1) is 0 Å². The number of carboxylic acid groups (broad SMARTS) is 1. The summed E-state index contributed by atoms with van der Waals surface area (Å²) < 4.78 is 0. The number of carboxylic acids is 1. The normalized spacial score (nSPS) is 12.7. The molecule has 0 bridgehead atoms. The number of rotatable bonds is 6. The number of benzene rings is 1. The van der Waals surface area contributed by atoms with E-state index >= 15 is 0 Å². The maximum Gasteiger partial charge on any atom is 0.303 e. The van der Waals surface area contributed by atoms with E-state index in [1.807, 2.05) is 14.0 Å². The van der Waals surface area contributed by atoms with Crippen LogP contribution in [0.25, 0.3) is 0 Å². The summed E-state index contributed by atoms with van der Waals surface area (Å²) in [6.07, 6.45) is 0.233. The van der Waals surface area contributed by atoms with Crippen molar-refractivity contribution in [2.45, 2.75) is 33.7 Å². The van der Waals surface area contributed by atoms with Crippen LogP contribution in [0.4, 0.5) is 0 Å². The molecule has 1 rings (SSSR count). The van der Waals surface area contributed by atoms with E-state index in [4.69, 9.17) is 5.11 Å². The maximum absolute atomic E-state index is 10.6. The van der Waals surface area contributed by atoms with Gasteiger partial charge < -0.3 is 10.0 Å². The Bertz CT molecular complexity index is 415. The summed E-state index contributed by atoms with van der Waals surface area (Å²) in [6.45, 7) is 7.87. The van der Waals surface area contributed by atoms with Gasteiger partial charge in [-0.1, -0.05) is 30.7 Å². The Labute approximate surface area is 109 Å². The minimum Gasteiger partial charge on any atom is -0.481 e. The lowest BCUT2D eigenvalue weighted by Gasteiger charge is -2.21. The molecule has 100 valence electrons. The average molecular weight is 249 g/mol. The highest BCUT2D eigenvalue weighted by Crippen LogP contribution is 2.14. The lowest BCUT2D eigenvalue weighted by Crippen LogP contribution is -2.25. The molecule has 3 nitrogen and oxygen atoms in total. The molecule has 0 saturated carbocycles.